The summed E-state index contributed by atoms with van der Waals surface area (Å²) in [4.78, 5) is 34.5. The molecule has 0 heterocycles. The predicted octanol–water partition coefficient (Wildman–Crippen LogP) is 4.05. The van der Waals surface area contributed by atoms with E-state index in [2.05, 4.69) is 32.6 Å². The summed E-state index contributed by atoms with van der Waals surface area (Å²) in [5, 5.41) is 36.2. The van der Waals surface area contributed by atoms with Gasteiger partial charge in [0.2, 0.25) is 0 Å². The van der Waals surface area contributed by atoms with Gasteiger partial charge in [-0.2, -0.15) is 0 Å². The number of nitrogens with two attached hydrogens (primary N) is 1. The van der Waals surface area contributed by atoms with E-state index in [4.69, 9.17) is 25.3 Å². The molecule has 11 nitrogen and oxygen atoms in total. The van der Waals surface area contributed by atoms with Crippen LogP contribution in [0.2, 0.25) is 0 Å². The van der Waals surface area contributed by atoms with Crippen molar-refractivity contribution >= 4 is 44.7 Å². The molecular formula is C31H57NNaO10P2. The molecule has 0 aliphatic heterocycles. The maximum Gasteiger partial charge on any atom is 0.369 e. The van der Waals surface area contributed by atoms with Gasteiger partial charge in [0.05, 0.1) is 17.8 Å². The van der Waals surface area contributed by atoms with E-state index >= 15 is 0 Å². The summed E-state index contributed by atoms with van der Waals surface area (Å²) < 4.78 is 21.4. The van der Waals surface area contributed by atoms with Gasteiger partial charge in [-0.25, -0.2) is 0 Å². The molecule has 10 N–H and O–H groups in total. The Morgan fingerprint density at radius 1 is 1.00 bits per heavy atom. The first-order valence-electron chi connectivity index (χ1n) is 15.8. The minimum Gasteiger partial charge on any atom is -0.390 e. The Morgan fingerprint density at radius 3 is 2.04 bits per heavy atom. The van der Waals surface area contributed by atoms with E-state index in [1.807, 2.05) is 13.8 Å². The largest absolute Gasteiger partial charge is 0.390 e. The third kappa shape index (κ3) is 11.4. The second kappa shape index (κ2) is 17.3. The van der Waals surface area contributed by atoms with Gasteiger partial charge in [-0.05, 0) is 107 Å². The fourth-order valence-electron chi connectivity index (χ4n) is 7.50. The van der Waals surface area contributed by atoms with E-state index in [1.165, 1.54) is 38.5 Å². The van der Waals surface area contributed by atoms with E-state index in [0.717, 1.165) is 24.3 Å². The molecule has 3 saturated carbocycles. The van der Waals surface area contributed by atoms with E-state index in [9.17, 15) is 29.6 Å². The van der Waals surface area contributed by atoms with Crippen LogP contribution in [0.4, 0.5) is 0 Å². The van der Waals surface area contributed by atoms with Crippen molar-refractivity contribution in [1.82, 2.24) is 0 Å². The average Bonchev–Trinajstić information content (AvgIpc) is 3.25. The molecule has 3 rings (SSSR count). The normalized spacial score (nSPS) is 29.4. The molecule has 0 bridgehead atoms. The van der Waals surface area contributed by atoms with Crippen molar-refractivity contribution in [2.75, 3.05) is 6.54 Å². The van der Waals surface area contributed by atoms with Crippen molar-refractivity contribution in [2.45, 2.75) is 128 Å². The molecule has 3 fully saturated rings. The average molecular weight is 689 g/mol. The fraction of sp³-hybridized carbons (Fsp3) is 0.806. The van der Waals surface area contributed by atoms with Gasteiger partial charge >= 0.3 is 15.2 Å². The van der Waals surface area contributed by atoms with Gasteiger partial charge < -0.3 is 45.7 Å². The monoisotopic (exact) mass is 688 g/mol. The van der Waals surface area contributed by atoms with Crippen molar-refractivity contribution in [3.8, 4) is 0 Å². The molecule has 6 atom stereocenters. The van der Waals surface area contributed by atoms with E-state index in [1.54, 1.807) is 5.57 Å². The first kappa shape index (κ1) is 43.3. The molecule has 257 valence electrons. The molecule has 3 aliphatic carbocycles. The van der Waals surface area contributed by atoms with Gasteiger partial charge in [0.25, 0.3) is 5.08 Å². The van der Waals surface area contributed by atoms with Crippen LogP contribution >= 0.6 is 15.2 Å². The van der Waals surface area contributed by atoms with Crippen molar-refractivity contribution in [3.05, 3.63) is 35.5 Å². The summed E-state index contributed by atoms with van der Waals surface area (Å²) in [6, 6.07) is 0. The molecule has 0 unspecified atom stereocenters. The van der Waals surface area contributed by atoms with E-state index < -0.39 is 44.5 Å². The van der Waals surface area contributed by atoms with Crippen LogP contribution in [0.5, 0.6) is 0 Å². The molecular weight excluding hydrogens is 631 g/mol. The zero-order valence-corrected chi connectivity index (χ0v) is 31.6. The summed E-state index contributed by atoms with van der Waals surface area (Å²) >= 11 is 0. The number of aliphatic hydroxyl groups excluding tert-OH is 2. The van der Waals surface area contributed by atoms with Crippen LogP contribution in [0.1, 0.15) is 105 Å². The summed E-state index contributed by atoms with van der Waals surface area (Å²) in [7, 11) is -10.6. The standard InChI is InChI=1S/C27H44O3.C4H13NO7P2.Na/c1-18(8-6-14-26(3,4)30)22-12-13-23-21(9-7-15-27(22,23)5)11-10-20-16-24(28)19(2)25(29)17-20;5-3-1-2-4(6,13(7,8)9)14(10,11)12;/h10-11,18,22-25,28-30H,2,6-9,12-17H2,1,3-5H3;6H,1-3,5H2,(H2,7,8,9)(H2,10,11,12);/b21-11+;;/t18-,22+,23-,24+,25+,27+;;/m0../s1. The Bertz CT molecular complexity index is 1110. The predicted molar refractivity (Wildman–Crippen MR) is 177 cm³/mol. The Balaban J connectivity index is 0.000000574. The van der Waals surface area contributed by atoms with Crippen LogP contribution in [-0.4, -0.2) is 99.0 Å². The number of fused-ring (bicyclic) bond motifs is 1. The Hall–Kier alpha value is 0.320. The molecule has 0 amide bonds. The number of hydrogen-bond acceptors (Lipinski definition) is 7. The molecule has 0 spiro atoms. The molecule has 0 aromatic carbocycles. The fourth-order valence-corrected chi connectivity index (χ4v) is 9.75. The van der Waals surface area contributed by atoms with Crippen LogP contribution in [-0.2, 0) is 9.13 Å². The molecule has 45 heavy (non-hydrogen) atoms. The van der Waals surface area contributed by atoms with Crippen molar-refractivity contribution in [2.24, 2.45) is 28.9 Å². The van der Waals surface area contributed by atoms with Gasteiger partial charge in [0.15, 0.2) is 0 Å². The number of hydrogen-bond donors (Lipinski definition) is 9. The first-order chi connectivity index (χ1) is 20.1. The summed E-state index contributed by atoms with van der Waals surface area (Å²) in [6.45, 7) is 12.6. The molecule has 14 heteroatoms. The molecule has 0 aromatic heterocycles. The third-order valence-electron chi connectivity index (χ3n) is 10.1. The number of rotatable bonds is 11. The zero-order chi connectivity index (χ0) is 33.7. The van der Waals surface area contributed by atoms with Crippen LogP contribution in [0.3, 0.4) is 0 Å². The second-order valence-corrected chi connectivity index (χ2v) is 18.1. The topological polar surface area (TPSA) is 222 Å². The van der Waals surface area contributed by atoms with Gasteiger partial charge in [-0.1, -0.05) is 56.6 Å². The SMILES string of the molecule is C=C1[C@H](O)CC(=C/C=C2\CCC[C@]3(C)[C@@H]([C@@H](C)CCCC(C)(C)O)CC[C@@H]23)C[C@H]1O.NCCCC(O)(P(=O)(O)O)P(=O)(O)O.[Na]. The van der Waals surface area contributed by atoms with Crippen molar-refractivity contribution < 1.29 is 49.1 Å². The first-order valence-corrected chi connectivity index (χ1v) is 19.0. The second-order valence-electron chi connectivity index (χ2n) is 14.1. The zero-order valence-electron chi connectivity index (χ0n) is 27.8. The maximum absolute atomic E-state index is 10.7. The molecule has 1 radical (unpaired) electrons. The quantitative estimate of drug-likeness (QED) is 0.0856. The molecule has 0 saturated heterocycles. The third-order valence-corrected chi connectivity index (χ3v) is 14.0. The smallest absolute Gasteiger partial charge is 0.369 e. The number of aliphatic hydroxyl groups is 4. The van der Waals surface area contributed by atoms with E-state index in [0.29, 0.717) is 35.7 Å². The Kier molecular flexibility index (Phi) is 16.7. The number of allylic oxidation sites excluding steroid dienone is 3. The van der Waals surface area contributed by atoms with Crippen LogP contribution in [0.15, 0.2) is 35.5 Å². The van der Waals surface area contributed by atoms with E-state index in [-0.39, 0.29) is 42.5 Å². The van der Waals surface area contributed by atoms with Crippen LogP contribution in [0, 0.1) is 23.2 Å². The van der Waals surface area contributed by atoms with Gasteiger partial charge in [-0.15, -0.1) is 0 Å². The maximum atomic E-state index is 10.7. The van der Waals surface area contributed by atoms with Crippen LogP contribution < -0.4 is 5.73 Å². The summed E-state index contributed by atoms with van der Waals surface area (Å²) in [5.74, 6) is 2.13. The molecule has 0 aromatic rings. The molecule has 3 aliphatic rings. The van der Waals surface area contributed by atoms with Gasteiger partial charge in [0.1, 0.15) is 0 Å². The van der Waals surface area contributed by atoms with Gasteiger partial charge in [-0.3, -0.25) is 9.13 Å². The van der Waals surface area contributed by atoms with Crippen molar-refractivity contribution in [1.29, 1.82) is 0 Å². The summed E-state index contributed by atoms with van der Waals surface area (Å²) in [5.41, 5.74) is 8.11. The van der Waals surface area contributed by atoms with Gasteiger partial charge in [0, 0.05) is 36.0 Å². The minimum absolute atomic E-state index is 0. The Morgan fingerprint density at radius 2 is 1.56 bits per heavy atom. The Labute approximate surface area is 291 Å². The van der Waals surface area contributed by atoms with Crippen LogP contribution in [0.25, 0.3) is 0 Å². The van der Waals surface area contributed by atoms with Crippen molar-refractivity contribution in [3.63, 3.8) is 0 Å². The minimum atomic E-state index is -5.30. The summed E-state index contributed by atoms with van der Waals surface area (Å²) in [6.07, 6.45) is 13.2.